The van der Waals surface area contributed by atoms with Crippen LogP contribution in [0.1, 0.15) is 20.8 Å². The van der Waals surface area contributed by atoms with Crippen molar-refractivity contribution in [1.29, 1.82) is 0 Å². The van der Waals surface area contributed by atoms with Gasteiger partial charge in [0.15, 0.2) is 0 Å². The Bertz CT molecular complexity index is 230. The van der Waals surface area contributed by atoms with Crippen molar-refractivity contribution in [1.82, 2.24) is 10.2 Å². The Morgan fingerprint density at radius 2 is 1.36 bits per heavy atom. The van der Waals surface area contributed by atoms with E-state index in [1.807, 2.05) is 4.90 Å². The van der Waals surface area contributed by atoms with E-state index in [9.17, 15) is 10.2 Å². The highest BCUT2D eigenvalue weighted by atomic mass is 16.5. The van der Waals surface area contributed by atoms with Crippen LogP contribution in [0, 0.1) is 0 Å². The molecule has 7 nitrogen and oxygen atoms in total. The Balaban J connectivity index is 3.45. The predicted molar refractivity (Wildman–Crippen MR) is 86.0 cm³/mol. The van der Waals surface area contributed by atoms with Crippen molar-refractivity contribution in [3.05, 3.63) is 0 Å². The Morgan fingerprint density at radius 3 is 1.86 bits per heavy atom. The van der Waals surface area contributed by atoms with Gasteiger partial charge in [0, 0.05) is 32.7 Å². The largest absolute Gasteiger partial charge is 0.392 e. The maximum atomic E-state index is 9.41. The minimum absolute atomic E-state index is 0.338. The molecule has 0 saturated heterocycles. The molecule has 3 atom stereocenters. The van der Waals surface area contributed by atoms with Gasteiger partial charge in [0.1, 0.15) is 0 Å². The van der Waals surface area contributed by atoms with Crippen molar-refractivity contribution in [2.24, 2.45) is 0 Å². The predicted octanol–water partition coefficient (Wildman–Crippen LogP) is -0.946. The van der Waals surface area contributed by atoms with Crippen molar-refractivity contribution in [3.8, 4) is 0 Å². The van der Waals surface area contributed by atoms with Gasteiger partial charge in [-0.2, -0.15) is 0 Å². The quantitative estimate of drug-likeness (QED) is 0.289. The highest BCUT2D eigenvalue weighted by Crippen LogP contribution is 1.96. The van der Waals surface area contributed by atoms with Crippen molar-refractivity contribution < 1.29 is 24.8 Å². The Kier molecular flexibility index (Phi) is 14.1. The lowest BCUT2D eigenvalue weighted by Gasteiger charge is -2.24. The minimum Gasteiger partial charge on any atom is -0.392 e. The topological polar surface area (TPSA) is 94.4 Å². The van der Waals surface area contributed by atoms with Crippen LogP contribution in [0.4, 0.5) is 0 Å². The second-order valence-corrected chi connectivity index (χ2v) is 5.74. The van der Waals surface area contributed by atoms with Gasteiger partial charge in [0.2, 0.25) is 0 Å². The van der Waals surface area contributed by atoms with Crippen LogP contribution in [-0.2, 0) is 9.47 Å². The van der Waals surface area contributed by atoms with Gasteiger partial charge in [-0.1, -0.05) is 0 Å². The van der Waals surface area contributed by atoms with Crippen LogP contribution in [0.2, 0.25) is 0 Å². The second-order valence-electron chi connectivity index (χ2n) is 5.74. The summed E-state index contributed by atoms with van der Waals surface area (Å²) in [4.78, 5) is 1.98. The molecule has 7 heteroatoms. The molecule has 0 aliphatic rings. The van der Waals surface area contributed by atoms with Crippen molar-refractivity contribution in [2.45, 2.75) is 39.1 Å². The van der Waals surface area contributed by atoms with E-state index in [0.29, 0.717) is 59.2 Å². The number of nitrogens with zero attached hydrogens (tertiary/aromatic N) is 1. The van der Waals surface area contributed by atoms with Crippen LogP contribution in [0.25, 0.3) is 0 Å². The molecule has 0 aliphatic carbocycles. The van der Waals surface area contributed by atoms with Crippen molar-refractivity contribution in [3.63, 3.8) is 0 Å². The second kappa shape index (κ2) is 14.3. The number of ether oxygens (including phenoxy) is 2. The van der Waals surface area contributed by atoms with E-state index in [1.165, 1.54) is 0 Å². The van der Waals surface area contributed by atoms with Crippen molar-refractivity contribution >= 4 is 0 Å². The van der Waals surface area contributed by atoms with Crippen LogP contribution in [-0.4, -0.2) is 97.7 Å². The van der Waals surface area contributed by atoms with Crippen LogP contribution in [0.5, 0.6) is 0 Å². The summed E-state index contributed by atoms with van der Waals surface area (Å²) < 4.78 is 10.9. The average Bonchev–Trinajstić information content (AvgIpc) is 2.39. The van der Waals surface area contributed by atoms with Gasteiger partial charge in [0.05, 0.1) is 44.7 Å². The number of nitrogens with one attached hydrogen (secondary N) is 1. The lowest BCUT2D eigenvalue weighted by atomic mass is 10.3. The third-order valence-electron chi connectivity index (χ3n) is 2.83. The minimum atomic E-state index is -0.420. The molecule has 0 amide bonds. The molecule has 134 valence electrons. The molecule has 0 spiro atoms. The van der Waals surface area contributed by atoms with Gasteiger partial charge in [0.25, 0.3) is 0 Å². The van der Waals surface area contributed by atoms with Gasteiger partial charge in [-0.15, -0.1) is 0 Å². The van der Waals surface area contributed by atoms with Gasteiger partial charge in [-0.25, -0.2) is 0 Å². The van der Waals surface area contributed by atoms with Crippen LogP contribution < -0.4 is 5.32 Å². The Hall–Kier alpha value is -0.280. The summed E-state index contributed by atoms with van der Waals surface area (Å²) in [5.74, 6) is 0. The first-order valence-electron chi connectivity index (χ1n) is 8.04. The van der Waals surface area contributed by atoms with E-state index < -0.39 is 12.2 Å². The monoisotopic (exact) mass is 322 g/mol. The van der Waals surface area contributed by atoms with Gasteiger partial charge < -0.3 is 30.1 Å². The highest BCUT2D eigenvalue weighted by molar-refractivity contribution is 4.64. The summed E-state index contributed by atoms with van der Waals surface area (Å²) in [5.41, 5.74) is 0. The van der Waals surface area contributed by atoms with E-state index in [1.54, 1.807) is 20.8 Å². The molecule has 0 rings (SSSR count). The van der Waals surface area contributed by atoms with Crippen LogP contribution >= 0.6 is 0 Å². The highest BCUT2D eigenvalue weighted by Gasteiger charge is 2.10. The number of aliphatic hydroxyl groups excluding tert-OH is 3. The van der Waals surface area contributed by atoms with E-state index in [4.69, 9.17) is 14.6 Å². The summed E-state index contributed by atoms with van der Waals surface area (Å²) >= 11 is 0. The molecule has 3 unspecified atom stereocenters. The maximum absolute atomic E-state index is 9.41. The first kappa shape index (κ1) is 21.7. The molecular formula is C15H34N2O5. The molecule has 0 radical (unpaired) electrons. The third kappa shape index (κ3) is 16.1. The molecule has 0 aromatic rings. The van der Waals surface area contributed by atoms with Gasteiger partial charge in [-0.3, -0.25) is 4.90 Å². The van der Waals surface area contributed by atoms with Gasteiger partial charge >= 0.3 is 0 Å². The molecule has 0 aliphatic heterocycles. The standard InChI is InChI=1S/C15H34N2O5/c1-13(18)10-16-4-6-21-8-9-22-7-5-17(11-14(2)19)12-15(3)20/h13-16,18-20H,4-12H2,1-3H3. The number of hydrogen-bond donors (Lipinski definition) is 4. The maximum Gasteiger partial charge on any atom is 0.0701 e. The number of hydrogen-bond acceptors (Lipinski definition) is 7. The number of rotatable bonds is 15. The molecule has 0 heterocycles. The summed E-state index contributed by atoms with van der Waals surface area (Å²) in [6.07, 6.45) is -1.18. The molecule has 4 N–H and O–H groups in total. The molecule has 22 heavy (non-hydrogen) atoms. The fourth-order valence-electron chi connectivity index (χ4n) is 1.98. The first-order valence-corrected chi connectivity index (χ1v) is 8.04. The normalized spacial score (nSPS) is 16.0. The molecule has 0 aromatic heterocycles. The van der Waals surface area contributed by atoms with E-state index in [0.717, 1.165) is 0 Å². The molecule has 0 fully saturated rings. The van der Waals surface area contributed by atoms with E-state index in [-0.39, 0.29) is 6.10 Å². The van der Waals surface area contributed by atoms with Crippen molar-refractivity contribution in [2.75, 3.05) is 59.2 Å². The zero-order chi connectivity index (χ0) is 16.8. The third-order valence-corrected chi connectivity index (χ3v) is 2.83. The van der Waals surface area contributed by atoms with E-state index >= 15 is 0 Å². The zero-order valence-corrected chi connectivity index (χ0v) is 14.2. The summed E-state index contributed by atoms with van der Waals surface area (Å²) in [6.45, 7) is 10.4. The fourth-order valence-corrected chi connectivity index (χ4v) is 1.98. The first-order chi connectivity index (χ1) is 10.4. The molecule has 0 saturated carbocycles. The SMILES string of the molecule is CC(O)CNCCOCCOCCN(CC(C)O)CC(C)O. The summed E-state index contributed by atoms with van der Waals surface area (Å²) in [5, 5.41) is 30.9. The molecular weight excluding hydrogens is 288 g/mol. The fraction of sp³-hybridized carbons (Fsp3) is 1.00. The smallest absolute Gasteiger partial charge is 0.0701 e. The van der Waals surface area contributed by atoms with Crippen LogP contribution in [0.3, 0.4) is 0 Å². The Labute approximate surface area is 134 Å². The number of aliphatic hydroxyl groups is 3. The lowest BCUT2D eigenvalue weighted by Crippen LogP contribution is -2.38. The van der Waals surface area contributed by atoms with E-state index in [2.05, 4.69) is 5.32 Å². The van der Waals surface area contributed by atoms with Crippen LogP contribution in [0.15, 0.2) is 0 Å². The lowest BCUT2D eigenvalue weighted by molar-refractivity contribution is 0.0250. The zero-order valence-electron chi connectivity index (χ0n) is 14.2. The molecule has 0 bridgehead atoms. The summed E-state index contributed by atoms with van der Waals surface area (Å²) in [7, 11) is 0. The Morgan fingerprint density at radius 1 is 0.818 bits per heavy atom. The summed E-state index contributed by atoms with van der Waals surface area (Å²) in [6, 6.07) is 0. The average molecular weight is 322 g/mol. The molecule has 0 aromatic carbocycles. The van der Waals surface area contributed by atoms with Gasteiger partial charge in [-0.05, 0) is 20.8 Å².